The Hall–Kier alpha value is -3.14. The van der Waals surface area contributed by atoms with Gasteiger partial charge in [-0.05, 0) is 56.1 Å². The number of pyridine rings is 2. The van der Waals surface area contributed by atoms with Crippen molar-refractivity contribution < 1.29 is 18.3 Å². The van der Waals surface area contributed by atoms with Crippen LogP contribution < -0.4 is 10.2 Å². The van der Waals surface area contributed by atoms with Gasteiger partial charge in [-0.15, -0.1) is 0 Å². The summed E-state index contributed by atoms with van der Waals surface area (Å²) in [5, 5.41) is 7.60. The maximum atomic E-state index is 13.9. The first-order chi connectivity index (χ1) is 17.9. The highest BCUT2D eigenvalue weighted by Gasteiger charge is 2.39. The molecule has 2 atom stereocenters. The number of morpholine rings is 1. The highest BCUT2D eigenvalue weighted by Crippen LogP contribution is 2.38. The van der Waals surface area contributed by atoms with Crippen LogP contribution in [0.2, 0.25) is 0 Å². The summed E-state index contributed by atoms with van der Waals surface area (Å²) < 4.78 is 35.1. The quantitative estimate of drug-likeness (QED) is 0.479. The number of carbonyl (C=O) groups excluding carboxylic acids is 1. The zero-order valence-electron chi connectivity index (χ0n) is 21.1. The minimum Gasteiger partial charge on any atom is -0.374 e. The molecule has 2 bridgehead atoms. The number of amides is 1. The second-order valence-corrected chi connectivity index (χ2v) is 10.9. The van der Waals surface area contributed by atoms with Crippen LogP contribution in [0.25, 0.3) is 10.9 Å². The SMILES string of the molecule is CC(C)C1CCC(n2cc(NC(=O)c3cncc4ccc(N5C[C@@H]6C[C@H]5CO6)nc34)c(C(F)F)n2)CC1. The number of halogens is 2. The van der Waals surface area contributed by atoms with E-state index in [1.807, 2.05) is 12.1 Å². The van der Waals surface area contributed by atoms with Gasteiger partial charge in [0.15, 0.2) is 5.69 Å². The van der Waals surface area contributed by atoms with Gasteiger partial charge in [0.25, 0.3) is 12.3 Å². The summed E-state index contributed by atoms with van der Waals surface area (Å²) in [5.41, 5.74) is 0.361. The number of hydrogen-bond donors (Lipinski definition) is 1. The third-order valence-corrected chi connectivity index (χ3v) is 8.30. The molecule has 3 aromatic rings. The normalized spacial score (nSPS) is 25.5. The van der Waals surface area contributed by atoms with E-state index in [9.17, 15) is 13.6 Å². The number of nitrogens with one attached hydrogen (secondary N) is 1. The monoisotopic (exact) mass is 510 g/mol. The molecule has 6 rings (SSSR count). The average molecular weight is 511 g/mol. The molecule has 196 valence electrons. The van der Waals surface area contributed by atoms with Gasteiger partial charge in [-0.1, -0.05) is 13.8 Å². The Bertz CT molecular complexity index is 1300. The Morgan fingerprint density at radius 3 is 2.62 bits per heavy atom. The first-order valence-corrected chi connectivity index (χ1v) is 13.2. The molecule has 0 aromatic carbocycles. The molecule has 1 amide bonds. The molecule has 5 heterocycles. The number of rotatable bonds is 6. The van der Waals surface area contributed by atoms with E-state index in [0.717, 1.165) is 44.5 Å². The Kier molecular flexibility index (Phi) is 6.30. The van der Waals surface area contributed by atoms with E-state index in [1.54, 1.807) is 17.1 Å². The fourth-order valence-corrected chi connectivity index (χ4v) is 6.11. The Morgan fingerprint density at radius 1 is 1.14 bits per heavy atom. The number of nitrogens with zero attached hydrogens (tertiary/aromatic N) is 5. The van der Waals surface area contributed by atoms with Crippen LogP contribution in [0.1, 0.15) is 74.5 Å². The molecule has 2 aliphatic heterocycles. The van der Waals surface area contributed by atoms with Crippen molar-refractivity contribution in [3.05, 3.63) is 42.0 Å². The van der Waals surface area contributed by atoms with Crippen molar-refractivity contribution >= 4 is 28.3 Å². The minimum atomic E-state index is -2.80. The first-order valence-electron chi connectivity index (χ1n) is 13.2. The van der Waals surface area contributed by atoms with Crippen LogP contribution in [-0.2, 0) is 4.74 Å². The number of aromatic nitrogens is 4. The lowest BCUT2D eigenvalue weighted by Crippen LogP contribution is -2.37. The topological polar surface area (TPSA) is 85.2 Å². The lowest BCUT2D eigenvalue weighted by atomic mass is 9.80. The fourth-order valence-electron chi connectivity index (χ4n) is 6.11. The van der Waals surface area contributed by atoms with E-state index in [0.29, 0.717) is 29.3 Å². The van der Waals surface area contributed by atoms with Gasteiger partial charge in [0.2, 0.25) is 0 Å². The number of alkyl halides is 2. The van der Waals surface area contributed by atoms with Crippen molar-refractivity contribution in [3.8, 4) is 0 Å². The van der Waals surface area contributed by atoms with Gasteiger partial charge in [0.1, 0.15) is 5.82 Å². The molecule has 1 saturated carbocycles. The Balaban J connectivity index is 1.25. The first kappa shape index (κ1) is 24.2. The second kappa shape index (κ2) is 9.63. The van der Waals surface area contributed by atoms with Gasteiger partial charge in [-0.25, -0.2) is 13.8 Å². The number of carbonyl (C=O) groups is 1. The molecule has 0 radical (unpaired) electrons. The predicted octanol–water partition coefficient (Wildman–Crippen LogP) is 5.38. The summed E-state index contributed by atoms with van der Waals surface area (Å²) in [6, 6.07) is 4.16. The number of anilines is 2. The molecule has 37 heavy (non-hydrogen) atoms. The zero-order valence-corrected chi connectivity index (χ0v) is 21.1. The highest BCUT2D eigenvalue weighted by atomic mass is 19.3. The molecule has 1 aliphatic carbocycles. The van der Waals surface area contributed by atoms with E-state index in [-0.39, 0.29) is 29.4 Å². The number of ether oxygens (including phenoxy) is 1. The molecule has 3 fully saturated rings. The van der Waals surface area contributed by atoms with Gasteiger partial charge < -0.3 is 15.0 Å². The number of fused-ring (bicyclic) bond motifs is 3. The summed E-state index contributed by atoms with van der Waals surface area (Å²) >= 11 is 0. The van der Waals surface area contributed by atoms with Crippen LogP contribution in [0.4, 0.5) is 20.3 Å². The minimum absolute atomic E-state index is 0.0353. The Labute approximate surface area is 214 Å². The summed E-state index contributed by atoms with van der Waals surface area (Å²) in [4.78, 5) is 24.6. The molecule has 0 unspecified atom stereocenters. The molecule has 1 N–H and O–H groups in total. The number of hydrogen-bond acceptors (Lipinski definition) is 6. The van der Waals surface area contributed by atoms with Crippen molar-refractivity contribution in [1.29, 1.82) is 0 Å². The van der Waals surface area contributed by atoms with Crippen molar-refractivity contribution in [3.63, 3.8) is 0 Å². The van der Waals surface area contributed by atoms with Gasteiger partial charge >= 0.3 is 0 Å². The maximum absolute atomic E-state index is 13.9. The molecule has 0 spiro atoms. The van der Waals surface area contributed by atoms with E-state index in [1.165, 1.54) is 6.20 Å². The van der Waals surface area contributed by atoms with E-state index >= 15 is 0 Å². The largest absolute Gasteiger partial charge is 0.374 e. The molecule has 3 aliphatic rings. The predicted molar refractivity (Wildman–Crippen MR) is 136 cm³/mol. The van der Waals surface area contributed by atoms with E-state index < -0.39 is 18.0 Å². The standard InChI is InChI=1S/C27H32F2N6O2/c1-15(2)16-3-6-18(7-4-16)35-13-22(25(33-35)26(28)29)31-27(36)21-11-30-10-17-5-8-23(32-24(17)21)34-12-20-9-19(34)14-37-20/h5,8,10-11,13,15-16,18-20,26H,3-4,6-7,9,12,14H2,1-2H3,(H,31,36)/t16?,18?,19-,20-/m0/s1. The molecular weight excluding hydrogens is 478 g/mol. The second-order valence-electron chi connectivity index (χ2n) is 10.9. The molecule has 2 saturated heterocycles. The Morgan fingerprint density at radius 2 is 1.95 bits per heavy atom. The molecule has 10 heteroatoms. The molecule has 3 aromatic heterocycles. The van der Waals surface area contributed by atoms with Crippen LogP contribution in [0, 0.1) is 11.8 Å². The van der Waals surface area contributed by atoms with E-state index in [2.05, 4.69) is 34.1 Å². The van der Waals surface area contributed by atoms with Crippen LogP contribution in [0.5, 0.6) is 0 Å². The summed E-state index contributed by atoms with van der Waals surface area (Å²) in [6.07, 6.45) is 6.92. The summed E-state index contributed by atoms with van der Waals surface area (Å²) in [5.74, 6) is 1.52. The van der Waals surface area contributed by atoms with Gasteiger partial charge in [0, 0.05) is 30.5 Å². The van der Waals surface area contributed by atoms with E-state index in [4.69, 9.17) is 9.72 Å². The fraction of sp³-hybridized carbons (Fsp3) is 0.556. The van der Waals surface area contributed by atoms with Crippen LogP contribution in [0.15, 0.2) is 30.7 Å². The summed E-state index contributed by atoms with van der Waals surface area (Å²) in [6.45, 7) is 5.90. The van der Waals surface area contributed by atoms with Crippen LogP contribution in [-0.4, -0.2) is 51.0 Å². The smallest absolute Gasteiger partial charge is 0.284 e. The lowest BCUT2D eigenvalue weighted by molar-refractivity contribution is 0.0988. The van der Waals surface area contributed by atoms with Crippen LogP contribution in [0.3, 0.4) is 0 Å². The van der Waals surface area contributed by atoms with Crippen molar-refractivity contribution in [2.24, 2.45) is 11.8 Å². The molecular formula is C27H32F2N6O2. The van der Waals surface area contributed by atoms with Crippen molar-refractivity contribution in [2.45, 2.75) is 70.6 Å². The zero-order chi connectivity index (χ0) is 25.7. The highest BCUT2D eigenvalue weighted by molar-refractivity contribution is 6.11. The van der Waals surface area contributed by atoms with Gasteiger partial charge in [-0.3, -0.25) is 14.5 Å². The van der Waals surface area contributed by atoms with Crippen molar-refractivity contribution in [2.75, 3.05) is 23.4 Å². The summed E-state index contributed by atoms with van der Waals surface area (Å²) in [7, 11) is 0. The average Bonchev–Trinajstić information content (AvgIpc) is 3.64. The van der Waals surface area contributed by atoms with Gasteiger partial charge in [-0.2, -0.15) is 5.10 Å². The third-order valence-electron chi connectivity index (χ3n) is 8.30. The maximum Gasteiger partial charge on any atom is 0.284 e. The molecule has 8 nitrogen and oxygen atoms in total. The van der Waals surface area contributed by atoms with Crippen molar-refractivity contribution in [1.82, 2.24) is 19.7 Å². The lowest BCUT2D eigenvalue weighted by Gasteiger charge is -2.30. The van der Waals surface area contributed by atoms with Crippen LogP contribution >= 0.6 is 0 Å². The van der Waals surface area contributed by atoms with Gasteiger partial charge in [0.05, 0.1) is 41.6 Å². The third kappa shape index (κ3) is 4.56.